The highest BCUT2D eigenvalue weighted by atomic mass is 16.8. The lowest BCUT2D eigenvalue weighted by Gasteiger charge is -2.41. The van der Waals surface area contributed by atoms with Crippen LogP contribution in [0.2, 0.25) is 0 Å². The molecule has 0 aromatic heterocycles. The molecule has 6 N–H and O–H groups in total. The molecule has 0 unspecified atom stereocenters. The Hall–Kier alpha value is -0.400. The van der Waals surface area contributed by atoms with E-state index in [1.807, 2.05) is 0 Å². The van der Waals surface area contributed by atoms with Crippen molar-refractivity contribution in [2.24, 2.45) is 0 Å². The fourth-order valence-corrected chi connectivity index (χ4v) is 2.52. The number of hydrogen-bond donors (Lipinski definition) is 6. The highest BCUT2D eigenvalue weighted by Gasteiger charge is 2.50. The van der Waals surface area contributed by atoms with Crippen LogP contribution in [0.4, 0.5) is 0 Å². The molecule has 0 saturated carbocycles. The standard InChI is InChI=1S/C12H22O10/c1-19-12-10(7(16)5(3-14)21-12)22-11-9(18)8(17)6(15)4(2-13)20-11/h4-18H,2-3H2,1H3/t4-,5+,6+,7+,8+,9-,10-,11-,12-/m0/s1. The van der Waals surface area contributed by atoms with Crippen molar-refractivity contribution in [3.63, 3.8) is 0 Å². The number of hydrogen-bond acceptors (Lipinski definition) is 10. The van der Waals surface area contributed by atoms with E-state index >= 15 is 0 Å². The van der Waals surface area contributed by atoms with Gasteiger partial charge in [0, 0.05) is 7.11 Å². The molecule has 2 aliphatic heterocycles. The Morgan fingerprint density at radius 1 is 0.773 bits per heavy atom. The Balaban J connectivity index is 2.07. The van der Waals surface area contributed by atoms with Gasteiger partial charge in [-0.15, -0.1) is 0 Å². The summed E-state index contributed by atoms with van der Waals surface area (Å²) in [5.41, 5.74) is 0. The molecule has 22 heavy (non-hydrogen) atoms. The van der Waals surface area contributed by atoms with E-state index in [4.69, 9.17) is 29.2 Å². The summed E-state index contributed by atoms with van der Waals surface area (Å²) < 4.78 is 20.8. The number of aliphatic hydroxyl groups is 6. The summed E-state index contributed by atoms with van der Waals surface area (Å²) in [6.45, 7) is -1.06. The fraction of sp³-hybridized carbons (Fsp3) is 1.00. The predicted molar refractivity (Wildman–Crippen MR) is 67.4 cm³/mol. The first-order chi connectivity index (χ1) is 10.4. The van der Waals surface area contributed by atoms with Gasteiger partial charge in [0.25, 0.3) is 0 Å². The van der Waals surface area contributed by atoms with Crippen LogP contribution in [-0.2, 0) is 18.9 Å². The van der Waals surface area contributed by atoms with E-state index in [0.717, 1.165) is 0 Å². The van der Waals surface area contributed by atoms with Crippen molar-refractivity contribution < 1.29 is 49.6 Å². The van der Waals surface area contributed by atoms with E-state index in [0.29, 0.717) is 0 Å². The molecule has 0 radical (unpaired) electrons. The number of rotatable bonds is 5. The summed E-state index contributed by atoms with van der Waals surface area (Å²) in [5, 5.41) is 57.5. The minimum absolute atomic E-state index is 0.463. The van der Waals surface area contributed by atoms with Crippen LogP contribution in [-0.4, -0.2) is 106 Å². The van der Waals surface area contributed by atoms with E-state index in [9.17, 15) is 20.4 Å². The first-order valence-corrected chi connectivity index (χ1v) is 6.87. The molecule has 2 rings (SSSR count). The Kier molecular flexibility index (Phi) is 6.07. The highest BCUT2D eigenvalue weighted by Crippen LogP contribution is 2.29. The molecule has 0 bridgehead atoms. The van der Waals surface area contributed by atoms with Gasteiger partial charge < -0.3 is 49.6 Å². The molecule has 2 saturated heterocycles. The van der Waals surface area contributed by atoms with E-state index < -0.39 is 68.5 Å². The van der Waals surface area contributed by atoms with Crippen molar-refractivity contribution >= 4 is 0 Å². The van der Waals surface area contributed by atoms with E-state index in [1.54, 1.807) is 0 Å². The van der Waals surface area contributed by atoms with Crippen molar-refractivity contribution in [1.29, 1.82) is 0 Å². The smallest absolute Gasteiger partial charge is 0.187 e. The number of methoxy groups -OCH3 is 1. The van der Waals surface area contributed by atoms with Crippen LogP contribution in [0.5, 0.6) is 0 Å². The molecular formula is C12H22O10. The third-order valence-corrected chi connectivity index (χ3v) is 3.85. The lowest BCUT2D eigenvalue weighted by molar-refractivity contribution is -0.325. The molecule has 0 aromatic carbocycles. The van der Waals surface area contributed by atoms with Gasteiger partial charge >= 0.3 is 0 Å². The van der Waals surface area contributed by atoms with Gasteiger partial charge in [-0.25, -0.2) is 0 Å². The molecule has 10 heteroatoms. The molecule has 2 heterocycles. The maximum absolute atomic E-state index is 10.0. The lowest BCUT2D eigenvalue weighted by Crippen LogP contribution is -2.60. The molecule has 0 amide bonds. The molecule has 10 nitrogen and oxygen atoms in total. The minimum Gasteiger partial charge on any atom is -0.394 e. The molecule has 9 atom stereocenters. The maximum atomic E-state index is 10.0. The molecule has 0 aromatic rings. The summed E-state index contributed by atoms with van der Waals surface area (Å²) in [7, 11) is 1.31. The van der Waals surface area contributed by atoms with Crippen LogP contribution in [0.15, 0.2) is 0 Å². The van der Waals surface area contributed by atoms with Gasteiger partial charge in [0.15, 0.2) is 12.6 Å². The third-order valence-electron chi connectivity index (χ3n) is 3.85. The largest absolute Gasteiger partial charge is 0.394 e. The average Bonchev–Trinajstić information content (AvgIpc) is 2.83. The summed E-state index contributed by atoms with van der Waals surface area (Å²) in [4.78, 5) is 0. The fourth-order valence-electron chi connectivity index (χ4n) is 2.52. The van der Waals surface area contributed by atoms with Crippen molar-refractivity contribution in [3.05, 3.63) is 0 Å². The van der Waals surface area contributed by atoms with Crippen LogP contribution < -0.4 is 0 Å². The zero-order chi connectivity index (χ0) is 16.4. The van der Waals surface area contributed by atoms with Crippen molar-refractivity contribution in [3.8, 4) is 0 Å². The zero-order valence-electron chi connectivity index (χ0n) is 11.9. The van der Waals surface area contributed by atoms with Crippen molar-refractivity contribution in [2.45, 2.75) is 55.3 Å². The Bertz CT molecular complexity index is 351. The van der Waals surface area contributed by atoms with E-state index in [1.165, 1.54) is 7.11 Å². The van der Waals surface area contributed by atoms with Crippen LogP contribution >= 0.6 is 0 Å². The second-order valence-electron chi connectivity index (χ2n) is 5.25. The second kappa shape index (κ2) is 7.45. The van der Waals surface area contributed by atoms with Crippen LogP contribution in [0.25, 0.3) is 0 Å². The maximum Gasteiger partial charge on any atom is 0.187 e. The SMILES string of the molecule is CO[C@H]1O[C@H](CO)[C@@H](O)[C@@H]1O[C@@H]1O[C@@H](CO)[C@@H](O)[C@@H](O)[C@@H]1O. The Morgan fingerprint density at radius 3 is 1.86 bits per heavy atom. The van der Waals surface area contributed by atoms with Gasteiger partial charge in [-0.3, -0.25) is 0 Å². The second-order valence-corrected chi connectivity index (χ2v) is 5.25. The van der Waals surface area contributed by atoms with E-state index in [-0.39, 0.29) is 0 Å². The van der Waals surface area contributed by atoms with E-state index in [2.05, 4.69) is 0 Å². The Morgan fingerprint density at radius 2 is 1.32 bits per heavy atom. The van der Waals surface area contributed by atoms with Crippen molar-refractivity contribution in [2.75, 3.05) is 20.3 Å². The van der Waals surface area contributed by atoms with Crippen LogP contribution in [0.3, 0.4) is 0 Å². The van der Waals surface area contributed by atoms with Crippen LogP contribution in [0.1, 0.15) is 0 Å². The summed E-state index contributed by atoms with van der Waals surface area (Å²) >= 11 is 0. The quantitative estimate of drug-likeness (QED) is 0.293. The molecule has 0 aliphatic carbocycles. The highest BCUT2D eigenvalue weighted by molar-refractivity contribution is 4.92. The molecule has 130 valence electrons. The van der Waals surface area contributed by atoms with Crippen LogP contribution in [0, 0.1) is 0 Å². The molecular weight excluding hydrogens is 304 g/mol. The molecule has 2 fully saturated rings. The topological polar surface area (TPSA) is 158 Å². The van der Waals surface area contributed by atoms with Gasteiger partial charge in [0.2, 0.25) is 0 Å². The predicted octanol–water partition coefficient (Wildman–Crippen LogP) is -4.10. The summed E-state index contributed by atoms with van der Waals surface area (Å²) in [6, 6.07) is 0. The average molecular weight is 326 g/mol. The lowest BCUT2D eigenvalue weighted by atomic mass is 9.99. The molecule has 2 aliphatic rings. The number of ether oxygens (including phenoxy) is 4. The first kappa shape index (κ1) is 17.9. The molecule has 0 spiro atoms. The van der Waals surface area contributed by atoms with Crippen molar-refractivity contribution in [1.82, 2.24) is 0 Å². The summed E-state index contributed by atoms with van der Waals surface area (Å²) in [6.07, 6.45) is -11.5. The first-order valence-electron chi connectivity index (χ1n) is 6.87. The van der Waals surface area contributed by atoms with Gasteiger partial charge in [-0.1, -0.05) is 0 Å². The van der Waals surface area contributed by atoms with Gasteiger partial charge in [0.1, 0.15) is 42.7 Å². The van der Waals surface area contributed by atoms with Gasteiger partial charge in [0.05, 0.1) is 13.2 Å². The zero-order valence-corrected chi connectivity index (χ0v) is 11.9. The Labute approximate surface area is 126 Å². The minimum atomic E-state index is -1.60. The van der Waals surface area contributed by atoms with Gasteiger partial charge in [-0.2, -0.15) is 0 Å². The number of aliphatic hydroxyl groups excluding tert-OH is 6. The monoisotopic (exact) mass is 326 g/mol. The third kappa shape index (κ3) is 3.26. The summed E-state index contributed by atoms with van der Waals surface area (Å²) in [5.74, 6) is 0. The van der Waals surface area contributed by atoms with Gasteiger partial charge in [-0.05, 0) is 0 Å². The normalized spacial score (nSPS) is 49.5.